The van der Waals surface area contributed by atoms with E-state index in [1.165, 1.54) is 23.1 Å². The van der Waals surface area contributed by atoms with Crippen molar-refractivity contribution in [3.63, 3.8) is 0 Å². The van der Waals surface area contributed by atoms with E-state index in [1.807, 2.05) is 19.2 Å². The van der Waals surface area contributed by atoms with Crippen molar-refractivity contribution in [3.05, 3.63) is 15.3 Å². The summed E-state index contributed by atoms with van der Waals surface area (Å²) in [4.78, 5) is 20.4. The van der Waals surface area contributed by atoms with Gasteiger partial charge in [-0.2, -0.15) is 0 Å². The fourth-order valence-electron chi connectivity index (χ4n) is 1.32. The molecular formula is C10H10N2O2S3. The summed E-state index contributed by atoms with van der Waals surface area (Å²) < 4.78 is 0.771. The molecule has 0 saturated carbocycles. The summed E-state index contributed by atoms with van der Waals surface area (Å²) in [7, 11) is 0. The molecule has 0 aromatic carbocycles. The summed E-state index contributed by atoms with van der Waals surface area (Å²) in [5.41, 5.74) is 1.75. The van der Waals surface area contributed by atoms with Crippen molar-refractivity contribution in [2.45, 2.75) is 18.2 Å². The molecule has 0 radical (unpaired) electrons. The van der Waals surface area contributed by atoms with Crippen molar-refractivity contribution in [2.24, 2.45) is 0 Å². The number of aliphatic carboxylic acids is 1. The Morgan fingerprint density at radius 1 is 1.47 bits per heavy atom. The number of carboxylic acids is 1. The minimum Gasteiger partial charge on any atom is -0.481 e. The number of thiazole rings is 2. The fraction of sp³-hybridized carbons (Fsp3) is 0.300. The van der Waals surface area contributed by atoms with Gasteiger partial charge in [0, 0.05) is 10.3 Å². The number of aryl methyl sites for hydroxylation is 2. The number of thioether (sulfide) groups is 1. The molecule has 2 rings (SSSR count). The quantitative estimate of drug-likeness (QED) is 0.875. The van der Waals surface area contributed by atoms with Crippen LogP contribution in [-0.4, -0.2) is 26.8 Å². The molecule has 2 aromatic rings. The normalized spacial score (nSPS) is 10.7. The van der Waals surface area contributed by atoms with Crippen molar-refractivity contribution in [1.29, 1.82) is 0 Å². The standard InChI is InChI=1S/C10H10N2O2S3/c1-5-9(11-6(2)17-5)7-3-15-10(12-7)16-4-8(13)14/h3H,4H2,1-2H3,(H,13,14). The van der Waals surface area contributed by atoms with Gasteiger partial charge >= 0.3 is 5.97 Å². The van der Waals surface area contributed by atoms with Gasteiger partial charge in [-0.05, 0) is 13.8 Å². The van der Waals surface area contributed by atoms with Crippen LogP contribution in [0.15, 0.2) is 9.72 Å². The van der Waals surface area contributed by atoms with Gasteiger partial charge in [-0.25, -0.2) is 9.97 Å². The zero-order chi connectivity index (χ0) is 12.4. The second kappa shape index (κ2) is 5.16. The Bertz CT molecular complexity index is 547. The Morgan fingerprint density at radius 3 is 2.82 bits per heavy atom. The van der Waals surface area contributed by atoms with Crippen LogP contribution < -0.4 is 0 Å². The average Bonchev–Trinajstić information content (AvgIpc) is 2.82. The van der Waals surface area contributed by atoms with Gasteiger partial charge < -0.3 is 5.11 Å². The van der Waals surface area contributed by atoms with E-state index in [0.717, 1.165) is 25.6 Å². The molecule has 4 nitrogen and oxygen atoms in total. The lowest BCUT2D eigenvalue weighted by Crippen LogP contribution is -1.97. The second-order valence-electron chi connectivity index (χ2n) is 3.32. The smallest absolute Gasteiger partial charge is 0.313 e. The van der Waals surface area contributed by atoms with Crippen LogP contribution in [0.25, 0.3) is 11.4 Å². The molecule has 0 aliphatic heterocycles. The van der Waals surface area contributed by atoms with Crippen LogP contribution in [0.3, 0.4) is 0 Å². The maximum atomic E-state index is 10.5. The minimum atomic E-state index is -0.826. The number of carbonyl (C=O) groups is 1. The predicted molar refractivity (Wildman–Crippen MR) is 71.1 cm³/mol. The molecule has 0 aliphatic rings. The molecule has 17 heavy (non-hydrogen) atoms. The maximum Gasteiger partial charge on any atom is 0.313 e. The number of hydrogen-bond acceptors (Lipinski definition) is 6. The van der Waals surface area contributed by atoms with Crippen molar-refractivity contribution in [1.82, 2.24) is 9.97 Å². The Morgan fingerprint density at radius 2 is 2.24 bits per heavy atom. The van der Waals surface area contributed by atoms with Gasteiger partial charge in [0.1, 0.15) is 11.4 Å². The topological polar surface area (TPSA) is 63.1 Å². The van der Waals surface area contributed by atoms with E-state index >= 15 is 0 Å². The Balaban J connectivity index is 2.18. The summed E-state index contributed by atoms with van der Waals surface area (Å²) in [5, 5.41) is 11.5. The van der Waals surface area contributed by atoms with Crippen LogP contribution >= 0.6 is 34.4 Å². The van der Waals surface area contributed by atoms with Gasteiger partial charge in [0.25, 0.3) is 0 Å². The lowest BCUT2D eigenvalue weighted by Gasteiger charge is -1.92. The molecule has 2 aromatic heterocycles. The van der Waals surface area contributed by atoms with Gasteiger partial charge in [0.2, 0.25) is 0 Å². The summed E-state index contributed by atoms with van der Waals surface area (Å²) in [6.07, 6.45) is 0. The fourth-order valence-corrected chi connectivity index (χ4v) is 3.68. The third-order valence-corrected chi connectivity index (χ3v) is 4.84. The maximum absolute atomic E-state index is 10.5. The van der Waals surface area contributed by atoms with Crippen molar-refractivity contribution >= 4 is 40.4 Å². The molecule has 0 fully saturated rings. The van der Waals surface area contributed by atoms with Gasteiger partial charge in [-0.15, -0.1) is 22.7 Å². The molecule has 0 aliphatic carbocycles. The zero-order valence-electron chi connectivity index (χ0n) is 9.26. The molecule has 90 valence electrons. The van der Waals surface area contributed by atoms with Gasteiger partial charge in [0.05, 0.1) is 10.8 Å². The first kappa shape index (κ1) is 12.5. The molecular weight excluding hydrogens is 276 g/mol. The number of aromatic nitrogens is 2. The SMILES string of the molecule is Cc1nc(-c2csc(SCC(=O)O)n2)c(C)s1. The van der Waals surface area contributed by atoms with E-state index in [-0.39, 0.29) is 5.75 Å². The number of carboxylic acid groups (broad SMARTS) is 1. The van der Waals surface area contributed by atoms with E-state index in [0.29, 0.717) is 0 Å². The van der Waals surface area contributed by atoms with E-state index in [9.17, 15) is 4.79 Å². The number of nitrogens with zero attached hydrogens (tertiary/aromatic N) is 2. The van der Waals surface area contributed by atoms with Crippen molar-refractivity contribution < 1.29 is 9.90 Å². The number of rotatable bonds is 4. The van der Waals surface area contributed by atoms with Crippen LogP contribution in [0, 0.1) is 13.8 Å². The largest absolute Gasteiger partial charge is 0.481 e. The first-order valence-corrected chi connectivity index (χ1v) is 7.49. The van der Waals surface area contributed by atoms with Crippen LogP contribution in [0.5, 0.6) is 0 Å². The molecule has 2 heterocycles. The number of hydrogen-bond donors (Lipinski definition) is 1. The van der Waals surface area contributed by atoms with E-state index in [1.54, 1.807) is 11.3 Å². The zero-order valence-corrected chi connectivity index (χ0v) is 11.7. The third-order valence-electron chi connectivity index (χ3n) is 1.95. The molecule has 0 atom stereocenters. The first-order chi connectivity index (χ1) is 8.06. The highest BCUT2D eigenvalue weighted by Crippen LogP contribution is 2.31. The summed E-state index contributed by atoms with van der Waals surface area (Å²) >= 11 is 4.34. The van der Waals surface area contributed by atoms with E-state index < -0.39 is 5.97 Å². The molecule has 0 unspecified atom stereocenters. The molecule has 0 spiro atoms. The molecule has 1 N–H and O–H groups in total. The average molecular weight is 286 g/mol. The molecule has 0 amide bonds. The van der Waals surface area contributed by atoms with Crippen LogP contribution in [-0.2, 0) is 4.79 Å². The summed E-state index contributed by atoms with van der Waals surface area (Å²) in [6, 6.07) is 0. The second-order valence-corrected chi connectivity index (χ2v) is 6.81. The highest BCUT2D eigenvalue weighted by molar-refractivity contribution is 8.01. The van der Waals surface area contributed by atoms with E-state index in [2.05, 4.69) is 9.97 Å². The van der Waals surface area contributed by atoms with Gasteiger partial charge in [-0.3, -0.25) is 4.79 Å². The third kappa shape index (κ3) is 3.05. The molecule has 0 saturated heterocycles. The van der Waals surface area contributed by atoms with Crippen molar-refractivity contribution in [3.8, 4) is 11.4 Å². The minimum absolute atomic E-state index is 0.0437. The first-order valence-electron chi connectivity index (χ1n) is 4.81. The monoisotopic (exact) mass is 286 g/mol. The summed E-state index contributed by atoms with van der Waals surface area (Å²) in [5.74, 6) is -0.783. The molecule has 7 heteroatoms. The van der Waals surface area contributed by atoms with Crippen LogP contribution in [0.2, 0.25) is 0 Å². The van der Waals surface area contributed by atoms with Gasteiger partial charge in [0.15, 0.2) is 4.34 Å². The van der Waals surface area contributed by atoms with Crippen LogP contribution in [0.4, 0.5) is 0 Å². The highest BCUT2D eigenvalue weighted by Gasteiger charge is 2.12. The molecule has 0 bridgehead atoms. The summed E-state index contributed by atoms with van der Waals surface area (Å²) in [6.45, 7) is 3.98. The Kier molecular flexibility index (Phi) is 3.80. The van der Waals surface area contributed by atoms with Crippen LogP contribution in [0.1, 0.15) is 9.88 Å². The Labute approximate surface area is 111 Å². The van der Waals surface area contributed by atoms with Crippen molar-refractivity contribution in [2.75, 3.05) is 5.75 Å². The lowest BCUT2D eigenvalue weighted by atomic mass is 10.3. The lowest BCUT2D eigenvalue weighted by molar-refractivity contribution is -0.133. The Hall–Kier alpha value is -0.920. The van der Waals surface area contributed by atoms with E-state index in [4.69, 9.17) is 5.11 Å². The van der Waals surface area contributed by atoms with Gasteiger partial charge in [-0.1, -0.05) is 11.8 Å². The predicted octanol–water partition coefficient (Wildman–Crippen LogP) is 3.06. The highest BCUT2D eigenvalue weighted by atomic mass is 32.2.